The highest BCUT2D eigenvalue weighted by molar-refractivity contribution is 8.04. The van der Waals surface area contributed by atoms with Crippen molar-refractivity contribution in [2.75, 3.05) is 22.6 Å². The number of nitrogens with one attached hydrogen (secondary N) is 1. The summed E-state index contributed by atoms with van der Waals surface area (Å²) >= 11 is 3.34. The molecular weight excluding hydrogens is 396 g/mol. The molecule has 150 valence electrons. The summed E-state index contributed by atoms with van der Waals surface area (Å²) in [4.78, 5) is 26.9. The lowest BCUT2D eigenvalue weighted by molar-refractivity contribution is -0.138. The van der Waals surface area contributed by atoms with Crippen molar-refractivity contribution in [2.24, 2.45) is 0 Å². The number of carbonyl (C=O) groups excluding carboxylic acids is 2. The van der Waals surface area contributed by atoms with E-state index in [0.29, 0.717) is 22.9 Å². The molecule has 8 heteroatoms. The number of anilines is 1. The monoisotopic (exact) mass is 420 g/mol. The Bertz CT molecular complexity index is 826. The number of fused-ring (bicyclic) bond motifs is 2. The van der Waals surface area contributed by atoms with Gasteiger partial charge in [0, 0.05) is 36.1 Å². The summed E-state index contributed by atoms with van der Waals surface area (Å²) in [5.74, 6) is 2.76. The van der Waals surface area contributed by atoms with E-state index in [4.69, 9.17) is 9.47 Å². The van der Waals surface area contributed by atoms with Gasteiger partial charge in [-0.25, -0.2) is 0 Å². The Kier molecular flexibility index (Phi) is 4.46. The molecule has 1 aromatic carbocycles. The Morgan fingerprint density at radius 2 is 2.00 bits per heavy atom. The van der Waals surface area contributed by atoms with Crippen molar-refractivity contribution in [3.63, 3.8) is 0 Å². The van der Waals surface area contributed by atoms with Gasteiger partial charge in [-0.15, -0.1) is 23.5 Å². The number of ether oxygens (including phenoxy) is 2. The van der Waals surface area contributed by atoms with E-state index in [0.717, 1.165) is 37.2 Å². The van der Waals surface area contributed by atoms with Crippen molar-refractivity contribution in [1.29, 1.82) is 0 Å². The second-order valence-electron chi connectivity index (χ2n) is 8.08. The first-order valence-corrected chi connectivity index (χ1v) is 12.0. The van der Waals surface area contributed by atoms with Gasteiger partial charge in [0.15, 0.2) is 11.5 Å². The van der Waals surface area contributed by atoms with Gasteiger partial charge in [-0.1, -0.05) is 6.42 Å². The molecule has 0 radical (unpaired) electrons. The fraction of sp³-hybridized carbons (Fsp3) is 0.600. The SMILES string of the molecule is CC12CSCC(=O)N1C(C(=O)Nc1ccc3c(c1)OC1(CCCCC1)O3)CS2. The normalized spacial score (nSPS) is 30.4. The van der Waals surface area contributed by atoms with Gasteiger partial charge in [-0.2, -0.15) is 0 Å². The summed E-state index contributed by atoms with van der Waals surface area (Å²) in [6.45, 7) is 2.05. The molecule has 2 amide bonds. The van der Waals surface area contributed by atoms with E-state index < -0.39 is 11.8 Å². The summed E-state index contributed by atoms with van der Waals surface area (Å²) in [7, 11) is 0. The first-order valence-electron chi connectivity index (χ1n) is 9.85. The molecule has 6 nitrogen and oxygen atoms in total. The lowest BCUT2D eigenvalue weighted by atomic mass is 9.94. The number of thioether (sulfide) groups is 2. The lowest BCUT2D eigenvalue weighted by Gasteiger charge is -2.40. The predicted octanol–water partition coefficient (Wildman–Crippen LogP) is 3.46. The van der Waals surface area contributed by atoms with Crippen molar-refractivity contribution in [1.82, 2.24) is 4.90 Å². The highest BCUT2D eigenvalue weighted by atomic mass is 32.2. The molecule has 1 N–H and O–H groups in total. The number of hydrogen-bond donors (Lipinski definition) is 1. The highest BCUT2D eigenvalue weighted by Gasteiger charge is 2.51. The Morgan fingerprint density at radius 3 is 2.82 bits per heavy atom. The van der Waals surface area contributed by atoms with Gasteiger partial charge in [-0.05, 0) is 31.9 Å². The van der Waals surface area contributed by atoms with Crippen molar-refractivity contribution in [3.8, 4) is 11.5 Å². The molecule has 0 bridgehead atoms. The van der Waals surface area contributed by atoms with Crippen LogP contribution < -0.4 is 14.8 Å². The van der Waals surface area contributed by atoms with Crippen LogP contribution in [0, 0.1) is 0 Å². The predicted molar refractivity (Wildman–Crippen MR) is 111 cm³/mol. The zero-order valence-corrected chi connectivity index (χ0v) is 17.5. The third-order valence-electron chi connectivity index (χ3n) is 5.96. The van der Waals surface area contributed by atoms with Crippen molar-refractivity contribution >= 4 is 41.0 Å². The summed E-state index contributed by atoms with van der Waals surface area (Å²) in [6, 6.07) is 5.12. The van der Waals surface area contributed by atoms with Gasteiger partial charge in [0.05, 0.1) is 10.6 Å². The Balaban J connectivity index is 1.31. The van der Waals surface area contributed by atoms with E-state index in [2.05, 4.69) is 12.2 Å². The molecule has 2 saturated heterocycles. The molecule has 1 aliphatic carbocycles. The smallest absolute Gasteiger partial charge is 0.251 e. The van der Waals surface area contributed by atoms with Gasteiger partial charge in [0.1, 0.15) is 6.04 Å². The second kappa shape index (κ2) is 6.76. The average molecular weight is 421 g/mol. The third-order valence-corrected chi connectivity index (χ3v) is 8.80. The minimum absolute atomic E-state index is 0.0498. The van der Waals surface area contributed by atoms with Crippen molar-refractivity contribution in [2.45, 2.75) is 55.7 Å². The molecule has 2 unspecified atom stereocenters. The van der Waals surface area contributed by atoms with Crippen LogP contribution in [0.3, 0.4) is 0 Å². The zero-order valence-electron chi connectivity index (χ0n) is 15.9. The van der Waals surface area contributed by atoms with E-state index in [1.54, 1.807) is 28.4 Å². The number of amides is 2. The number of rotatable bonds is 2. The number of hydrogen-bond acceptors (Lipinski definition) is 6. The molecule has 5 rings (SSSR count). The average Bonchev–Trinajstić information content (AvgIpc) is 3.20. The molecule has 3 fully saturated rings. The van der Waals surface area contributed by atoms with Gasteiger partial charge < -0.3 is 19.7 Å². The standard InChI is InChI=1S/C20H24N2O4S2/c1-19-12-27-11-17(23)22(19)14(10-28-19)18(24)21-13-5-6-15-16(9-13)26-20(25-15)7-3-2-4-8-20/h5-6,9,14H,2-4,7-8,10-12H2,1H3,(H,21,24). The van der Waals surface area contributed by atoms with Crippen LogP contribution >= 0.6 is 23.5 Å². The third kappa shape index (κ3) is 3.05. The number of nitrogens with zero attached hydrogens (tertiary/aromatic N) is 1. The zero-order chi connectivity index (χ0) is 19.4. The Morgan fingerprint density at radius 1 is 1.21 bits per heavy atom. The summed E-state index contributed by atoms with van der Waals surface area (Å²) in [6.07, 6.45) is 5.24. The van der Waals surface area contributed by atoms with Crippen LogP contribution in [0.1, 0.15) is 39.0 Å². The van der Waals surface area contributed by atoms with E-state index in [9.17, 15) is 9.59 Å². The van der Waals surface area contributed by atoms with Gasteiger partial charge in [0.2, 0.25) is 11.8 Å². The minimum Gasteiger partial charge on any atom is -0.448 e. The summed E-state index contributed by atoms with van der Waals surface area (Å²) in [5, 5.41) is 2.99. The molecule has 1 spiro atoms. The largest absolute Gasteiger partial charge is 0.448 e. The molecular formula is C20H24N2O4S2. The summed E-state index contributed by atoms with van der Waals surface area (Å²) < 4.78 is 12.3. The van der Waals surface area contributed by atoms with Crippen LogP contribution in [0.25, 0.3) is 0 Å². The van der Waals surface area contributed by atoms with Crippen LogP contribution in [0.2, 0.25) is 0 Å². The van der Waals surface area contributed by atoms with Crippen LogP contribution in [0.5, 0.6) is 11.5 Å². The Hall–Kier alpha value is -1.54. The molecule has 4 aliphatic rings. The van der Waals surface area contributed by atoms with E-state index in [1.165, 1.54) is 6.42 Å². The van der Waals surface area contributed by atoms with E-state index in [1.807, 2.05) is 18.2 Å². The fourth-order valence-electron chi connectivity index (χ4n) is 4.56. The van der Waals surface area contributed by atoms with E-state index in [-0.39, 0.29) is 16.7 Å². The maximum atomic E-state index is 13.0. The van der Waals surface area contributed by atoms with Crippen LogP contribution in [-0.2, 0) is 9.59 Å². The van der Waals surface area contributed by atoms with E-state index >= 15 is 0 Å². The quantitative estimate of drug-likeness (QED) is 0.790. The first kappa shape index (κ1) is 18.5. The van der Waals surface area contributed by atoms with Crippen LogP contribution in [0.15, 0.2) is 18.2 Å². The second-order valence-corrected chi connectivity index (χ2v) is 10.6. The minimum atomic E-state index is -0.523. The molecule has 1 aromatic rings. The lowest BCUT2D eigenvalue weighted by Crippen LogP contribution is -2.56. The van der Waals surface area contributed by atoms with Gasteiger partial charge in [-0.3, -0.25) is 9.59 Å². The molecule has 3 heterocycles. The molecule has 2 atom stereocenters. The Labute approximate surface area is 173 Å². The maximum absolute atomic E-state index is 13.0. The number of carbonyl (C=O) groups is 2. The first-order chi connectivity index (χ1) is 13.5. The number of benzene rings is 1. The van der Waals surface area contributed by atoms with Crippen LogP contribution in [0.4, 0.5) is 5.69 Å². The van der Waals surface area contributed by atoms with Crippen molar-refractivity contribution < 1.29 is 19.1 Å². The maximum Gasteiger partial charge on any atom is 0.251 e. The molecule has 0 aromatic heterocycles. The molecule has 1 saturated carbocycles. The summed E-state index contributed by atoms with van der Waals surface area (Å²) in [5.41, 5.74) is 0.678. The van der Waals surface area contributed by atoms with Crippen molar-refractivity contribution in [3.05, 3.63) is 18.2 Å². The van der Waals surface area contributed by atoms with Gasteiger partial charge in [0.25, 0.3) is 5.79 Å². The fourth-order valence-corrected chi connectivity index (χ4v) is 7.27. The molecule has 28 heavy (non-hydrogen) atoms. The highest BCUT2D eigenvalue weighted by Crippen LogP contribution is 2.47. The van der Waals surface area contributed by atoms with Gasteiger partial charge >= 0.3 is 0 Å². The molecule has 3 aliphatic heterocycles. The topological polar surface area (TPSA) is 67.9 Å². The van der Waals surface area contributed by atoms with Crippen LogP contribution in [-0.4, -0.2) is 50.7 Å².